The molecule has 19 heavy (non-hydrogen) atoms. The maximum Gasteiger partial charge on any atom is 0.274 e. The Morgan fingerprint density at radius 1 is 1.11 bits per heavy atom. The number of fused-ring (bicyclic) bond motifs is 2. The number of hydrogen-bond donors (Lipinski definition) is 1. The molecule has 4 heteroatoms. The molecule has 0 aromatic carbocycles. The summed E-state index contributed by atoms with van der Waals surface area (Å²) in [5.74, 6) is 1.78. The SMILES string of the molecule is C1=CC2CCC1C2.CC1C=CC=CC1(C)S(=O)(=O)O. The zero-order chi connectivity index (χ0) is 14.1. The first-order valence-corrected chi connectivity index (χ1v) is 8.28. The second kappa shape index (κ2) is 5.25. The molecular formula is C15H22O3S. The molecule has 0 spiro atoms. The summed E-state index contributed by atoms with van der Waals surface area (Å²) >= 11 is 0. The first kappa shape index (κ1) is 14.5. The minimum absolute atomic E-state index is 0.197. The summed E-state index contributed by atoms with van der Waals surface area (Å²) in [6.45, 7) is 3.26. The van der Waals surface area contributed by atoms with Gasteiger partial charge in [0.2, 0.25) is 0 Å². The second-order valence-electron chi connectivity index (χ2n) is 5.91. The molecule has 3 nitrogen and oxygen atoms in total. The van der Waals surface area contributed by atoms with Crippen LogP contribution in [-0.2, 0) is 10.1 Å². The van der Waals surface area contributed by atoms with Gasteiger partial charge in [-0.3, -0.25) is 4.55 Å². The second-order valence-corrected chi connectivity index (χ2v) is 7.74. The zero-order valence-electron chi connectivity index (χ0n) is 11.5. The largest absolute Gasteiger partial charge is 0.285 e. The Bertz CT molecular complexity index is 504. The monoisotopic (exact) mass is 282 g/mol. The van der Waals surface area contributed by atoms with Crippen molar-refractivity contribution in [2.24, 2.45) is 17.8 Å². The van der Waals surface area contributed by atoms with Gasteiger partial charge in [0.15, 0.2) is 0 Å². The molecule has 3 aliphatic rings. The van der Waals surface area contributed by atoms with Gasteiger partial charge in [0.05, 0.1) is 0 Å². The Labute approximate surface area is 115 Å². The van der Waals surface area contributed by atoms with Crippen LogP contribution >= 0.6 is 0 Å². The molecule has 1 saturated carbocycles. The first-order chi connectivity index (χ1) is 8.83. The van der Waals surface area contributed by atoms with Crippen LogP contribution < -0.4 is 0 Å². The van der Waals surface area contributed by atoms with E-state index < -0.39 is 14.9 Å². The standard InChI is InChI=1S/C8H12O3S.C7H10/c1-7-5-3-4-6-8(7,2)12(9,10)11;1-2-7-4-3-6(1)5-7/h3-7H,1-2H3,(H,9,10,11);1-2,6-7H,3-5H2. The van der Waals surface area contributed by atoms with Gasteiger partial charge in [0, 0.05) is 0 Å². The highest BCUT2D eigenvalue weighted by Crippen LogP contribution is 2.38. The molecule has 3 rings (SSSR count). The fourth-order valence-corrected chi connectivity index (χ4v) is 3.66. The van der Waals surface area contributed by atoms with Gasteiger partial charge in [-0.15, -0.1) is 0 Å². The number of hydrogen-bond acceptors (Lipinski definition) is 2. The molecule has 3 aliphatic carbocycles. The van der Waals surface area contributed by atoms with E-state index in [-0.39, 0.29) is 5.92 Å². The summed E-state index contributed by atoms with van der Waals surface area (Å²) in [6.07, 6.45) is 15.9. The minimum Gasteiger partial charge on any atom is -0.285 e. The minimum atomic E-state index is -4.01. The normalized spacial score (nSPS) is 39.2. The summed E-state index contributed by atoms with van der Waals surface area (Å²) < 4.78 is 29.8. The van der Waals surface area contributed by atoms with Crippen molar-refractivity contribution in [1.82, 2.24) is 0 Å². The molecule has 2 bridgehead atoms. The van der Waals surface area contributed by atoms with Gasteiger partial charge >= 0.3 is 0 Å². The molecule has 0 amide bonds. The highest BCUT2D eigenvalue weighted by atomic mass is 32.2. The van der Waals surface area contributed by atoms with Gasteiger partial charge in [-0.1, -0.05) is 43.4 Å². The number of allylic oxidation sites excluding steroid dienone is 5. The van der Waals surface area contributed by atoms with E-state index in [0.29, 0.717) is 0 Å². The van der Waals surface area contributed by atoms with Gasteiger partial charge in [-0.05, 0) is 43.9 Å². The first-order valence-electron chi connectivity index (χ1n) is 6.84. The van der Waals surface area contributed by atoms with Gasteiger partial charge < -0.3 is 0 Å². The summed E-state index contributed by atoms with van der Waals surface area (Å²) in [4.78, 5) is 0. The Balaban J connectivity index is 0.000000159. The van der Waals surface area contributed by atoms with Crippen molar-refractivity contribution in [3.63, 3.8) is 0 Å². The van der Waals surface area contributed by atoms with Crippen molar-refractivity contribution in [3.8, 4) is 0 Å². The van der Waals surface area contributed by atoms with E-state index >= 15 is 0 Å². The van der Waals surface area contributed by atoms with Crippen molar-refractivity contribution in [3.05, 3.63) is 36.5 Å². The Morgan fingerprint density at radius 3 is 1.95 bits per heavy atom. The quantitative estimate of drug-likeness (QED) is 0.592. The van der Waals surface area contributed by atoms with Crippen molar-refractivity contribution in [2.45, 2.75) is 37.9 Å². The Hall–Kier alpha value is -0.870. The van der Waals surface area contributed by atoms with E-state index in [1.807, 2.05) is 0 Å². The van der Waals surface area contributed by atoms with Gasteiger partial charge in [-0.25, -0.2) is 0 Å². The van der Waals surface area contributed by atoms with Crippen LogP contribution in [0.3, 0.4) is 0 Å². The molecule has 0 aliphatic heterocycles. The van der Waals surface area contributed by atoms with Crippen molar-refractivity contribution < 1.29 is 13.0 Å². The van der Waals surface area contributed by atoms with E-state index in [1.54, 1.807) is 25.2 Å². The highest BCUT2D eigenvalue weighted by molar-refractivity contribution is 7.87. The van der Waals surface area contributed by atoms with E-state index in [1.165, 1.54) is 32.3 Å². The van der Waals surface area contributed by atoms with Crippen molar-refractivity contribution >= 4 is 10.1 Å². The van der Waals surface area contributed by atoms with Crippen LogP contribution in [0.4, 0.5) is 0 Å². The van der Waals surface area contributed by atoms with Crippen LogP contribution in [0.25, 0.3) is 0 Å². The third-order valence-electron chi connectivity index (χ3n) is 4.57. The lowest BCUT2D eigenvalue weighted by molar-refractivity contribution is 0.426. The van der Waals surface area contributed by atoms with Crippen molar-refractivity contribution in [1.29, 1.82) is 0 Å². The van der Waals surface area contributed by atoms with Gasteiger partial charge in [0.1, 0.15) is 4.75 Å². The summed E-state index contributed by atoms with van der Waals surface area (Å²) in [5, 5.41) is 0. The van der Waals surface area contributed by atoms with Gasteiger partial charge in [0.25, 0.3) is 10.1 Å². The third-order valence-corrected chi connectivity index (χ3v) is 6.19. The maximum absolute atomic E-state index is 11.0. The van der Waals surface area contributed by atoms with Crippen LogP contribution in [0.1, 0.15) is 33.1 Å². The predicted octanol–water partition coefficient (Wildman–Crippen LogP) is 3.37. The lowest BCUT2D eigenvalue weighted by atomic mass is 9.91. The third kappa shape index (κ3) is 3.00. The molecule has 0 aromatic heterocycles. The van der Waals surface area contributed by atoms with Crippen molar-refractivity contribution in [2.75, 3.05) is 0 Å². The number of rotatable bonds is 1. The molecule has 1 fully saturated rings. The smallest absolute Gasteiger partial charge is 0.274 e. The molecule has 0 radical (unpaired) electrons. The van der Waals surface area contributed by atoms with Gasteiger partial charge in [-0.2, -0.15) is 8.42 Å². The lowest BCUT2D eigenvalue weighted by Crippen LogP contribution is -2.39. The van der Waals surface area contributed by atoms with Crippen LogP contribution in [0, 0.1) is 17.8 Å². The Morgan fingerprint density at radius 2 is 1.68 bits per heavy atom. The molecule has 0 aromatic rings. The van der Waals surface area contributed by atoms with Crippen LogP contribution in [0.5, 0.6) is 0 Å². The lowest BCUT2D eigenvalue weighted by Gasteiger charge is -2.29. The maximum atomic E-state index is 11.0. The summed E-state index contributed by atoms with van der Waals surface area (Å²) in [7, 11) is -4.01. The molecule has 1 N–H and O–H groups in total. The molecule has 4 unspecified atom stereocenters. The fraction of sp³-hybridized carbons (Fsp3) is 0.600. The predicted molar refractivity (Wildman–Crippen MR) is 77.4 cm³/mol. The van der Waals surface area contributed by atoms with Crippen LogP contribution in [-0.4, -0.2) is 17.7 Å². The van der Waals surface area contributed by atoms with E-state index in [2.05, 4.69) is 12.2 Å². The summed E-state index contributed by atoms with van der Waals surface area (Å²) in [5.41, 5.74) is 0. The Kier molecular flexibility index (Phi) is 4.02. The molecule has 0 heterocycles. The van der Waals surface area contributed by atoms with E-state index in [9.17, 15) is 8.42 Å². The van der Waals surface area contributed by atoms with E-state index in [4.69, 9.17) is 4.55 Å². The van der Waals surface area contributed by atoms with Crippen LogP contribution in [0.2, 0.25) is 0 Å². The van der Waals surface area contributed by atoms with E-state index in [0.717, 1.165) is 11.8 Å². The fourth-order valence-electron chi connectivity index (χ4n) is 2.86. The molecule has 4 atom stereocenters. The average molecular weight is 282 g/mol. The topological polar surface area (TPSA) is 54.4 Å². The van der Waals surface area contributed by atoms with Crippen LogP contribution in [0.15, 0.2) is 36.5 Å². The zero-order valence-corrected chi connectivity index (χ0v) is 12.3. The molecule has 106 valence electrons. The molecular weight excluding hydrogens is 260 g/mol. The average Bonchev–Trinajstić information content (AvgIpc) is 2.97. The summed E-state index contributed by atoms with van der Waals surface area (Å²) in [6, 6.07) is 0. The highest BCUT2D eigenvalue weighted by Gasteiger charge is 2.40. The molecule has 0 saturated heterocycles.